The molecule has 0 amide bonds. The number of carbonyl (C=O) groups excluding carboxylic acids is 1. The molecule has 2 aromatic rings. The topological polar surface area (TPSA) is 57.0 Å². The molecule has 0 unspecified atom stereocenters. The van der Waals surface area contributed by atoms with Crippen LogP contribution in [-0.4, -0.2) is 27.6 Å². The number of aryl methyl sites for hydroxylation is 1. The molecule has 0 bridgehead atoms. The molecule has 0 atom stereocenters. The van der Waals surface area contributed by atoms with Gasteiger partial charge in [-0.3, -0.25) is 0 Å². The van der Waals surface area contributed by atoms with Crippen LogP contribution >= 0.6 is 0 Å². The number of hydrogen-bond donors (Lipinski definition) is 0. The molecule has 1 aromatic carbocycles. The zero-order valence-electron chi connectivity index (χ0n) is 13.3. The summed E-state index contributed by atoms with van der Waals surface area (Å²) in [7, 11) is 0. The Kier molecular flexibility index (Phi) is 6.02. The minimum Gasteiger partial charge on any atom is -0.463 e. The molecule has 0 radical (unpaired) electrons. The average Bonchev–Trinajstić information content (AvgIpc) is 3.00. The summed E-state index contributed by atoms with van der Waals surface area (Å²) in [6.45, 7) is 4.15. The molecule has 0 saturated heterocycles. The average molecular weight is 317 g/mol. The van der Waals surface area contributed by atoms with Crippen molar-refractivity contribution < 1.29 is 13.9 Å². The number of carbonyl (C=O) groups is 1. The van der Waals surface area contributed by atoms with Crippen molar-refractivity contribution in [1.29, 1.82) is 0 Å². The highest BCUT2D eigenvalue weighted by Gasteiger charge is 2.08. The second kappa shape index (κ2) is 8.22. The fourth-order valence-electron chi connectivity index (χ4n) is 2.09. The minimum atomic E-state index is -0.440. The van der Waals surface area contributed by atoms with Gasteiger partial charge in [-0.15, -0.1) is 5.10 Å². The lowest BCUT2D eigenvalue weighted by Gasteiger charge is -2.05. The standard InChI is InChI=1S/C17H20FN3O2/c1-3-5-6-15-12-21(20-19-15)16-11-14(18)9-7-13(16)8-10-17(22)23-4-2/h7-12H,3-6H2,1-2H3/b10-8+. The molecule has 5 nitrogen and oxygen atoms in total. The van der Waals surface area contributed by atoms with E-state index in [4.69, 9.17) is 4.74 Å². The van der Waals surface area contributed by atoms with Gasteiger partial charge in [0.15, 0.2) is 0 Å². The normalized spacial score (nSPS) is 11.1. The zero-order valence-corrected chi connectivity index (χ0v) is 13.3. The van der Waals surface area contributed by atoms with Crippen LogP contribution in [0.2, 0.25) is 0 Å². The van der Waals surface area contributed by atoms with Crippen molar-refractivity contribution in [3.05, 3.63) is 47.5 Å². The smallest absolute Gasteiger partial charge is 0.330 e. The Morgan fingerprint density at radius 1 is 1.39 bits per heavy atom. The van der Waals surface area contributed by atoms with Crippen LogP contribution < -0.4 is 0 Å². The number of ether oxygens (including phenoxy) is 1. The summed E-state index contributed by atoms with van der Waals surface area (Å²) in [5, 5.41) is 8.15. The first-order valence-corrected chi connectivity index (χ1v) is 7.70. The monoisotopic (exact) mass is 317 g/mol. The molecular weight excluding hydrogens is 297 g/mol. The van der Waals surface area contributed by atoms with Crippen molar-refractivity contribution in [3.8, 4) is 5.69 Å². The summed E-state index contributed by atoms with van der Waals surface area (Å²) in [6, 6.07) is 4.29. The third kappa shape index (κ3) is 4.74. The summed E-state index contributed by atoms with van der Waals surface area (Å²) in [6.07, 6.45) is 7.61. The number of esters is 1. The van der Waals surface area contributed by atoms with E-state index in [-0.39, 0.29) is 5.82 Å². The summed E-state index contributed by atoms with van der Waals surface area (Å²) in [4.78, 5) is 11.4. The second-order valence-electron chi connectivity index (χ2n) is 5.05. The van der Waals surface area contributed by atoms with Gasteiger partial charge in [0.2, 0.25) is 0 Å². The molecule has 0 fully saturated rings. The van der Waals surface area contributed by atoms with Gasteiger partial charge in [-0.05, 0) is 38.0 Å². The van der Waals surface area contributed by atoms with Crippen LogP contribution in [0.5, 0.6) is 0 Å². The van der Waals surface area contributed by atoms with Crippen molar-refractivity contribution in [2.24, 2.45) is 0 Å². The summed E-state index contributed by atoms with van der Waals surface area (Å²) >= 11 is 0. The van der Waals surface area contributed by atoms with Gasteiger partial charge in [0, 0.05) is 17.7 Å². The number of benzene rings is 1. The third-order valence-corrected chi connectivity index (χ3v) is 3.25. The van der Waals surface area contributed by atoms with Crippen LogP contribution in [0, 0.1) is 5.82 Å². The minimum absolute atomic E-state index is 0.309. The highest BCUT2D eigenvalue weighted by molar-refractivity contribution is 5.87. The number of unbranched alkanes of at least 4 members (excludes halogenated alkanes) is 1. The van der Waals surface area contributed by atoms with Crippen molar-refractivity contribution in [1.82, 2.24) is 15.0 Å². The SMILES string of the molecule is CCCCc1cn(-c2cc(F)ccc2/C=C/C(=O)OCC)nn1. The summed E-state index contributed by atoms with van der Waals surface area (Å²) < 4.78 is 20.0. The first-order valence-electron chi connectivity index (χ1n) is 7.70. The molecule has 2 rings (SSSR count). The molecule has 0 aliphatic rings. The maximum atomic E-state index is 13.6. The molecule has 0 spiro atoms. The first-order chi connectivity index (χ1) is 11.1. The molecule has 23 heavy (non-hydrogen) atoms. The van der Waals surface area contributed by atoms with Gasteiger partial charge in [0.25, 0.3) is 0 Å². The predicted octanol–water partition coefficient (Wildman–Crippen LogP) is 3.33. The van der Waals surface area contributed by atoms with Crippen LogP contribution in [0.3, 0.4) is 0 Å². The summed E-state index contributed by atoms with van der Waals surface area (Å²) in [5.74, 6) is -0.816. The molecule has 0 aliphatic carbocycles. The van der Waals surface area contributed by atoms with E-state index in [0.717, 1.165) is 25.0 Å². The van der Waals surface area contributed by atoms with Gasteiger partial charge < -0.3 is 4.74 Å². The van der Waals surface area contributed by atoms with Crippen LogP contribution in [-0.2, 0) is 16.0 Å². The Labute approximate surface area is 134 Å². The molecule has 0 saturated carbocycles. The second-order valence-corrected chi connectivity index (χ2v) is 5.05. The van der Waals surface area contributed by atoms with Crippen LogP contribution in [0.4, 0.5) is 4.39 Å². The van der Waals surface area contributed by atoms with E-state index in [1.165, 1.54) is 22.9 Å². The van der Waals surface area contributed by atoms with Gasteiger partial charge in [0.05, 0.1) is 24.2 Å². The van der Waals surface area contributed by atoms with E-state index in [0.29, 0.717) is 17.9 Å². The molecule has 6 heteroatoms. The van der Waals surface area contributed by atoms with E-state index in [2.05, 4.69) is 17.2 Å². The van der Waals surface area contributed by atoms with Crippen LogP contribution in [0.1, 0.15) is 37.9 Å². The van der Waals surface area contributed by atoms with Gasteiger partial charge in [-0.25, -0.2) is 13.9 Å². The highest BCUT2D eigenvalue weighted by atomic mass is 19.1. The quantitative estimate of drug-likeness (QED) is 0.580. The summed E-state index contributed by atoms with van der Waals surface area (Å²) in [5.41, 5.74) is 2.05. The Morgan fingerprint density at radius 3 is 2.96 bits per heavy atom. The molecule has 122 valence electrons. The van der Waals surface area contributed by atoms with E-state index in [9.17, 15) is 9.18 Å². The molecule has 0 aliphatic heterocycles. The Balaban J connectivity index is 2.28. The van der Waals surface area contributed by atoms with Crippen LogP contribution in [0.25, 0.3) is 11.8 Å². The number of nitrogens with zero attached hydrogens (tertiary/aromatic N) is 3. The van der Waals surface area contributed by atoms with Crippen molar-refractivity contribution in [3.63, 3.8) is 0 Å². The van der Waals surface area contributed by atoms with Crippen molar-refractivity contribution in [2.45, 2.75) is 33.1 Å². The third-order valence-electron chi connectivity index (χ3n) is 3.25. The zero-order chi connectivity index (χ0) is 16.7. The number of hydrogen-bond acceptors (Lipinski definition) is 4. The van der Waals surface area contributed by atoms with Gasteiger partial charge in [-0.1, -0.05) is 18.6 Å². The Hall–Kier alpha value is -2.50. The molecule has 1 heterocycles. The van der Waals surface area contributed by atoms with E-state index in [1.54, 1.807) is 25.3 Å². The van der Waals surface area contributed by atoms with E-state index in [1.807, 2.05) is 0 Å². The predicted molar refractivity (Wildman–Crippen MR) is 85.6 cm³/mol. The maximum Gasteiger partial charge on any atom is 0.330 e. The molecule has 1 aromatic heterocycles. The lowest BCUT2D eigenvalue weighted by atomic mass is 10.1. The number of rotatable bonds is 7. The van der Waals surface area contributed by atoms with Crippen molar-refractivity contribution >= 4 is 12.0 Å². The maximum absolute atomic E-state index is 13.6. The van der Waals surface area contributed by atoms with Crippen molar-refractivity contribution in [2.75, 3.05) is 6.61 Å². The lowest BCUT2D eigenvalue weighted by molar-refractivity contribution is -0.137. The van der Waals surface area contributed by atoms with Gasteiger partial charge in [0.1, 0.15) is 5.82 Å². The van der Waals surface area contributed by atoms with Gasteiger partial charge in [-0.2, -0.15) is 0 Å². The van der Waals surface area contributed by atoms with E-state index >= 15 is 0 Å². The number of halogens is 1. The van der Waals surface area contributed by atoms with E-state index < -0.39 is 5.97 Å². The Bertz CT molecular complexity index is 695. The fraction of sp³-hybridized carbons (Fsp3) is 0.353. The lowest BCUT2D eigenvalue weighted by Crippen LogP contribution is -2.01. The Morgan fingerprint density at radius 2 is 2.22 bits per heavy atom. The van der Waals surface area contributed by atoms with Crippen LogP contribution in [0.15, 0.2) is 30.5 Å². The number of aromatic nitrogens is 3. The first kappa shape index (κ1) is 16.9. The largest absolute Gasteiger partial charge is 0.463 e. The van der Waals surface area contributed by atoms with Gasteiger partial charge >= 0.3 is 5.97 Å². The highest BCUT2D eigenvalue weighted by Crippen LogP contribution is 2.18. The fourth-order valence-corrected chi connectivity index (χ4v) is 2.09. The molecule has 0 N–H and O–H groups in total. The molecular formula is C17H20FN3O2.